The van der Waals surface area contributed by atoms with Gasteiger partial charge in [0.25, 0.3) is 0 Å². The Morgan fingerprint density at radius 2 is 1.71 bits per heavy atom. The fourth-order valence-electron chi connectivity index (χ4n) is 3.44. The quantitative estimate of drug-likeness (QED) is 0.543. The van der Waals surface area contributed by atoms with Crippen LogP contribution < -0.4 is 0 Å². The molecular weight excluding hydrogens is 258 g/mol. The Hall–Kier alpha value is -2.61. The maximum Gasteiger partial charge on any atom is 0.166 e. The number of hydrogen-bond acceptors (Lipinski definition) is 1. The number of nitrogens with one attached hydrogen (secondary N) is 1. The predicted octanol–water partition coefficient (Wildman–Crippen LogP) is 4.30. The molecule has 0 spiro atoms. The van der Waals surface area contributed by atoms with Crippen LogP contribution >= 0.6 is 0 Å². The van der Waals surface area contributed by atoms with Gasteiger partial charge in [0.15, 0.2) is 6.29 Å². The van der Waals surface area contributed by atoms with Gasteiger partial charge in [-0.2, -0.15) is 0 Å². The SMILES string of the molecule is Cc1c(C=O)[nH]c2c1C(c1ccccc1)c1ccccc1-2. The molecule has 1 N–H and O–H groups in total. The van der Waals surface area contributed by atoms with Gasteiger partial charge in [0.2, 0.25) is 0 Å². The van der Waals surface area contributed by atoms with E-state index in [1.54, 1.807) is 0 Å². The number of hydrogen-bond donors (Lipinski definition) is 1. The minimum atomic E-state index is 0.211. The summed E-state index contributed by atoms with van der Waals surface area (Å²) in [5.74, 6) is 0.211. The lowest BCUT2D eigenvalue weighted by Crippen LogP contribution is -2.00. The van der Waals surface area contributed by atoms with Crippen LogP contribution in [0, 0.1) is 6.92 Å². The van der Waals surface area contributed by atoms with Crippen LogP contribution in [0.4, 0.5) is 0 Å². The van der Waals surface area contributed by atoms with E-state index in [0.29, 0.717) is 5.69 Å². The first-order chi connectivity index (χ1) is 10.3. The van der Waals surface area contributed by atoms with Crippen molar-refractivity contribution in [2.75, 3.05) is 0 Å². The number of benzene rings is 2. The fraction of sp³-hybridized carbons (Fsp3) is 0.105. The van der Waals surface area contributed by atoms with Gasteiger partial charge in [0, 0.05) is 11.5 Å². The van der Waals surface area contributed by atoms with Crippen molar-refractivity contribution in [2.24, 2.45) is 0 Å². The summed E-state index contributed by atoms with van der Waals surface area (Å²) in [6.07, 6.45) is 0.915. The molecule has 2 heteroatoms. The summed E-state index contributed by atoms with van der Waals surface area (Å²) in [6.45, 7) is 2.03. The maximum absolute atomic E-state index is 11.3. The molecule has 1 aliphatic rings. The number of aromatic nitrogens is 1. The minimum absolute atomic E-state index is 0.211. The van der Waals surface area contributed by atoms with Crippen LogP contribution in [0.3, 0.4) is 0 Å². The van der Waals surface area contributed by atoms with Crippen LogP contribution in [0.15, 0.2) is 54.6 Å². The van der Waals surface area contributed by atoms with Gasteiger partial charge in [-0.15, -0.1) is 0 Å². The molecule has 1 aromatic heterocycles. The van der Waals surface area contributed by atoms with Gasteiger partial charge in [-0.1, -0.05) is 54.6 Å². The van der Waals surface area contributed by atoms with Crippen LogP contribution in [0.1, 0.15) is 38.7 Å². The third kappa shape index (κ3) is 1.62. The second-order valence-electron chi connectivity index (χ2n) is 5.50. The van der Waals surface area contributed by atoms with E-state index in [2.05, 4.69) is 47.4 Å². The van der Waals surface area contributed by atoms with Crippen LogP contribution in [0.5, 0.6) is 0 Å². The van der Waals surface area contributed by atoms with E-state index in [9.17, 15) is 4.79 Å². The highest BCUT2D eigenvalue weighted by Gasteiger charge is 2.33. The summed E-state index contributed by atoms with van der Waals surface area (Å²) in [5, 5.41) is 0. The molecule has 2 aromatic carbocycles. The normalized spacial score (nSPS) is 15.6. The lowest BCUT2D eigenvalue weighted by Gasteiger charge is -2.14. The third-order valence-corrected chi connectivity index (χ3v) is 4.42. The summed E-state index contributed by atoms with van der Waals surface area (Å²) in [7, 11) is 0. The average Bonchev–Trinajstić information content (AvgIpc) is 3.03. The highest BCUT2D eigenvalue weighted by Crippen LogP contribution is 2.49. The summed E-state index contributed by atoms with van der Waals surface area (Å²) < 4.78 is 0. The van der Waals surface area contributed by atoms with Crippen molar-refractivity contribution < 1.29 is 4.79 Å². The minimum Gasteiger partial charge on any atom is -0.352 e. The molecule has 1 aliphatic carbocycles. The van der Waals surface area contributed by atoms with E-state index in [1.807, 2.05) is 19.1 Å². The van der Waals surface area contributed by atoms with Crippen molar-refractivity contribution in [3.8, 4) is 11.3 Å². The molecular formula is C19H15NO. The maximum atomic E-state index is 11.3. The molecule has 1 unspecified atom stereocenters. The largest absolute Gasteiger partial charge is 0.352 e. The molecule has 0 fully saturated rings. The Balaban J connectivity index is 2.04. The van der Waals surface area contributed by atoms with Gasteiger partial charge in [0.05, 0.1) is 11.4 Å². The highest BCUT2D eigenvalue weighted by atomic mass is 16.1. The highest BCUT2D eigenvalue weighted by molar-refractivity contribution is 5.86. The first kappa shape index (κ1) is 12.2. The zero-order chi connectivity index (χ0) is 14.4. The van der Waals surface area contributed by atoms with E-state index in [1.165, 1.54) is 22.3 Å². The lowest BCUT2D eigenvalue weighted by atomic mass is 9.88. The van der Waals surface area contributed by atoms with Gasteiger partial charge in [0.1, 0.15) is 0 Å². The summed E-state index contributed by atoms with van der Waals surface area (Å²) >= 11 is 0. The Labute approximate surface area is 123 Å². The molecule has 0 saturated carbocycles. The van der Waals surface area contributed by atoms with Gasteiger partial charge < -0.3 is 4.98 Å². The van der Waals surface area contributed by atoms with Gasteiger partial charge in [-0.3, -0.25) is 4.79 Å². The van der Waals surface area contributed by atoms with Gasteiger partial charge in [-0.25, -0.2) is 0 Å². The number of carbonyl (C=O) groups excluding carboxylic acids is 1. The molecule has 0 amide bonds. The Kier molecular flexibility index (Phi) is 2.58. The van der Waals surface area contributed by atoms with Gasteiger partial charge in [-0.05, 0) is 29.2 Å². The number of rotatable bonds is 2. The standard InChI is InChI=1S/C19H15NO/c1-12-16(11-21)20-19-15-10-6-5-9-14(15)18(17(12)19)13-7-3-2-4-8-13/h2-11,18,20H,1H3. The van der Waals surface area contributed by atoms with E-state index < -0.39 is 0 Å². The van der Waals surface area contributed by atoms with Crippen LogP contribution in [-0.4, -0.2) is 11.3 Å². The predicted molar refractivity (Wildman–Crippen MR) is 83.7 cm³/mol. The van der Waals surface area contributed by atoms with Crippen LogP contribution in [0.25, 0.3) is 11.3 Å². The smallest absolute Gasteiger partial charge is 0.166 e. The molecule has 1 atom stereocenters. The summed E-state index contributed by atoms with van der Waals surface area (Å²) in [5.41, 5.74) is 7.87. The van der Waals surface area contributed by atoms with E-state index in [-0.39, 0.29) is 5.92 Å². The fourth-order valence-corrected chi connectivity index (χ4v) is 3.44. The molecule has 102 valence electrons. The van der Waals surface area contributed by atoms with E-state index >= 15 is 0 Å². The molecule has 21 heavy (non-hydrogen) atoms. The molecule has 0 bridgehead atoms. The summed E-state index contributed by atoms with van der Waals surface area (Å²) in [4.78, 5) is 14.6. The van der Waals surface area contributed by atoms with Crippen LogP contribution in [-0.2, 0) is 0 Å². The van der Waals surface area contributed by atoms with Crippen molar-refractivity contribution in [1.82, 2.24) is 4.98 Å². The number of fused-ring (bicyclic) bond motifs is 3. The van der Waals surface area contributed by atoms with E-state index in [4.69, 9.17) is 0 Å². The Morgan fingerprint density at radius 1 is 1.00 bits per heavy atom. The second-order valence-corrected chi connectivity index (χ2v) is 5.50. The molecule has 0 saturated heterocycles. The molecule has 0 radical (unpaired) electrons. The number of carbonyl (C=O) groups is 1. The van der Waals surface area contributed by atoms with Crippen molar-refractivity contribution >= 4 is 6.29 Å². The molecule has 2 nitrogen and oxygen atoms in total. The van der Waals surface area contributed by atoms with Gasteiger partial charge >= 0.3 is 0 Å². The Morgan fingerprint density at radius 3 is 2.48 bits per heavy atom. The third-order valence-electron chi connectivity index (χ3n) is 4.42. The van der Waals surface area contributed by atoms with E-state index in [0.717, 1.165) is 17.5 Å². The topological polar surface area (TPSA) is 32.9 Å². The van der Waals surface area contributed by atoms with Crippen LogP contribution in [0.2, 0.25) is 0 Å². The van der Waals surface area contributed by atoms with Crippen molar-refractivity contribution in [3.05, 3.63) is 82.5 Å². The first-order valence-corrected chi connectivity index (χ1v) is 7.13. The second kappa shape index (κ2) is 4.45. The molecule has 0 aliphatic heterocycles. The number of H-pyrrole nitrogens is 1. The molecule has 3 aromatic rings. The first-order valence-electron chi connectivity index (χ1n) is 7.13. The number of aromatic amines is 1. The average molecular weight is 273 g/mol. The molecule has 4 rings (SSSR count). The van der Waals surface area contributed by atoms with Crippen molar-refractivity contribution in [1.29, 1.82) is 0 Å². The van der Waals surface area contributed by atoms with Crippen molar-refractivity contribution in [3.63, 3.8) is 0 Å². The zero-order valence-electron chi connectivity index (χ0n) is 11.8. The Bertz CT molecular complexity index is 830. The number of aldehydes is 1. The summed E-state index contributed by atoms with van der Waals surface area (Å²) in [6, 6.07) is 18.9. The van der Waals surface area contributed by atoms with Crippen molar-refractivity contribution in [2.45, 2.75) is 12.8 Å². The molecule has 1 heterocycles. The monoisotopic (exact) mass is 273 g/mol. The lowest BCUT2D eigenvalue weighted by molar-refractivity contribution is 0.111. The zero-order valence-corrected chi connectivity index (χ0v) is 11.8.